The van der Waals surface area contributed by atoms with Crippen LogP contribution in [0.25, 0.3) is 27.9 Å². The smallest absolute Gasteiger partial charge is 0.262 e. The summed E-state index contributed by atoms with van der Waals surface area (Å²) < 4.78 is 9.12. The van der Waals surface area contributed by atoms with Crippen molar-refractivity contribution in [2.45, 2.75) is 44.6 Å². The molecule has 148 valence electrons. The zero-order valence-electron chi connectivity index (χ0n) is 16.4. The summed E-state index contributed by atoms with van der Waals surface area (Å²) in [5, 5.41) is 4.91. The first-order valence-corrected chi connectivity index (χ1v) is 10.2. The number of methoxy groups -OCH3 is 1. The second kappa shape index (κ2) is 7.31. The number of benzene rings is 1. The lowest BCUT2D eigenvalue weighted by atomic mass is 10.0. The van der Waals surface area contributed by atoms with E-state index in [0.717, 1.165) is 31.2 Å². The van der Waals surface area contributed by atoms with Crippen molar-refractivity contribution in [1.29, 1.82) is 0 Å². The van der Waals surface area contributed by atoms with Gasteiger partial charge in [-0.2, -0.15) is 14.6 Å². The van der Waals surface area contributed by atoms with Gasteiger partial charge in [0.05, 0.1) is 23.7 Å². The van der Waals surface area contributed by atoms with E-state index in [1.165, 1.54) is 19.2 Å². The minimum absolute atomic E-state index is 0.0276. The van der Waals surface area contributed by atoms with Gasteiger partial charge in [-0.1, -0.05) is 37.8 Å². The Hall–Kier alpha value is -3.22. The number of aromatic nitrogens is 5. The van der Waals surface area contributed by atoms with Gasteiger partial charge in [0, 0.05) is 17.8 Å². The second-order valence-corrected chi connectivity index (χ2v) is 7.57. The van der Waals surface area contributed by atoms with Crippen LogP contribution in [0.2, 0.25) is 0 Å². The molecule has 1 aliphatic rings. The fraction of sp³-hybridized carbons (Fsp3) is 0.364. The number of para-hydroxylation sites is 1. The van der Waals surface area contributed by atoms with Gasteiger partial charge in [-0.15, -0.1) is 0 Å². The molecule has 3 heterocycles. The van der Waals surface area contributed by atoms with E-state index in [0.29, 0.717) is 28.1 Å². The molecule has 4 aromatic rings. The minimum atomic E-state index is -0.0276. The zero-order chi connectivity index (χ0) is 19.8. The zero-order valence-corrected chi connectivity index (χ0v) is 16.4. The number of hydrogen-bond donors (Lipinski definition) is 0. The third-order valence-corrected chi connectivity index (χ3v) is 5.88. The topological polar surface area (TPSA) is 74.3 Å². The molecule has 0 N–H and O–H groups in total. The first-order chi connectivity index (χ1) is 14.3. The monoisotopic (exact) mass is 389 g/mol. The predicted molar refractivity (Wildman–Crippen MR) is 111 cm³/mol. The first kappa shape index (κ1) is 17.8. The Bertz CT molecular complexity index is 1240. The summed E-state index contributed by atoms with van der Waals surface area (Å²) in [4.78, 5) is 22.6. The summed E-state index contributed by atoms with van der Waals surface area (Å²) in [5.74, 6) is 1.14. The SMILES string of the molecule is COc1ccccc1-c1c2c(=O)n(C3CCCCCC3)ccc2nc2ncnn12. The second-order valence-electron chi connectivity index (χ2n) is 7.57. The van der Waals surface area contributed by atoms with Gasteiger partial charge in [-0.3, -0.25) is 4.79 Å². The number of hydrogen-bond acceptors (Lipinski definition) is 5. The molecule has 5 rings (SSSR count). The van der Waals surface area contributed by atoms with Gasteiger partial charge in [0.1, 0.15) is 12.1 Å². The number of nitrogens with zero attached hydrogens (tertiary/aromatic N) is 5. The highest BCUT2D eigenvalue weighted by atomic mass is 16.5. The molecule has 0 radical (unpaired) electrons. The van der Waals surface area contributed by atoms with Gasteiger partial charge in [0.15, 0.2) is 0 Å². The number of fused-ring (bicyclic) bond motifs is 2. The molecule has 0 aliphatic heterocycles. The molecule has 0 bridgehead atoms. The van der Waals surface area contributed by atoms with Gasteiger partial charge in [0.25, 0.3) is 11.3 Å². The fourth-order valence-corrected chi connectivity index (χ4v) is 4.45. The Morgan fingerprint density at radius 1 is 1.07 bits per heavy atom. The first-order valence-electron chi connectivity index (χ1n) is 10.2. The predicted octanol–water partition coefficient (Wildman–Crippen LogP) is 4.01. The van der Waals surface area contributed by atoms with E-state index in [-0.39, 0.29) is 11.6 Å². The van der Waals surface area contributed by atoms with E-state index < -0.39 is 0 Å². The van der Waals surface area contributed by atoms with Crippen LogP contribution < -0.4 is 10.3 Å². The van der Waals surface area contributed by atoms with Crippen LogP contribution in [0.1, 0.15) is 44.6 Å². The van der Waals surface area contributed by atoms with Gasteiger partial charge < -0.3 is 9.30 Å². The van der Waals surface area contributed by atoms with E-state index in [1.807, 2.05) is 41.1 Å². The third-order valence-electron chi connectivity index (χ3n) is 5.88. The van der Waals surface area contributed by atoms with Crippen molar-refractivity contribution in [3.05, 3.63) is 53.2 Å². The maximum atomic E-state index is 13.7. The van der Waals surface area contributed by atoms with Crippen molar-refractivity contribution in [1.82, 2.24) is 24.1 Å². The third kappa shape index (κ3) is 2.97. The number of ether oxygens (including phenoxy) is 1. The highest BCUT2D eigenvalue weighted by Crippen LogP contribution is 2.34. The van der Waals surface area contributed by atoms with Crippen LogP contribution in [0.3, 0.4) is 0 Å². The summed E-state index contributed by atoms with van der Waals surface area (Å²) in [6.45, 7) is 0. The quantitative estimate of drug-likeness (QED) is 0.495. The van der Waals surface area contributed by atoms with Gasteiger partial charge in [-0.25, -0.2) is 4.98 Å². The molecule has 0 atom stereocenters. The van der Waals surface area contributed by atoms with Crippen molar-refractivity contribution >= 4 is 16.7 Å². The molecule has 1 saturated carbocycles. The highest BCUT2D eigenvalue weighted by molar-refractivity contribution is 5.94. The molecule has 1 fully saturated rings. The Balaban J connectivity index is 1.84. The van der Waals surface area contributed by atoms with Crippen LogP contribution >= 0.6 is 0 Å². The standard InChI is InChI=1S/C22H23N5O2/c1-29-18-11-7-6-10-16(18)20-19-17(25-22-23-14-24-27(20)22)12-13-26(21(19)28)15-8-4-2-3-5-9-15/h6-7,10-15H,2-5,8-9H2,1H3. The van der Waals surface area contributed by atoms with Crippen molar-refractivity contribution in [2.75, 3.05) is 7.11 Å². The molecule has 1 aliphatic carbocycles. The number of pyridine rings is 1. The highest BCUT2D eigenvalue weighted by Gasteiger charge is 2.22. The molecular weight excluding hydrogens is 366 g/mol. The Morgan fingerprint density at radius 3 is 2.66 bits per heavy atom. The average Bonchev–Trinajstić information content (AvgIpc) is 3.05. The summed E-state index contributed by atoms with van der Waals surface area (Å²) >= 11 is 0. The largest absolute Gasteiger partial charge is 0.496 e. The average molecular weight is 389 g/mol. The fourth-order valence-electron chi connectivity index (χ4n) is 4.45. The van der Waals surface area contributed by atoms with Gasteiger partial charge in [-0.05, 0) is 31.0 Å². The van der Waals surface area contributed by atoms with Crippen molar-refractivity contribution < 1.29 is 4.74 Å². The summed E-state index contributed by atoms with van der Waals surface area (Å²) in [7, 11) is 1.63. The Kier molecular flexibility index (Phi) is 4.50. The van der Waals surface area contributed by atoms with Crippen LogP contribution in [0.4, 0.5) is 0 Å². The lowest BCUT2D eigenvalue weighted by Crippen LogP contribution is -2.25. The molecule has 0 amide bonds. The van der Waals surface area contributed by atoms with Crippen LogP contribution in [0.15, 0.2) is 47.7 Å². The molecule has 7 heteroatoms. The molecule has 7 nitrogen and oxygen atoms in total. The van der Waals surface area contributed by atoms with Crippen molar-refractivity contribution in [2.24, 2.45) is 0 Å². The summed E-state index contributed by atoms with van der Waals surface area (Å²) in [6, 6.07) is 9.82. The van der Waals surface area contributed by atoms with E-state index in [9.17, 15) is 4.79 Å². The molecule has 3 aromatic heterocycles. The van der Waals surface area contributed by atoms with Crippen LogP contribution in [0, 0.1) is 0 Å². The van der Waals surface area contributed by atoms with Crippen molar-refractivity contribution in [3.8, 4) is 17.0 Å². The lowest BCUT2D eigenvalue weighted by Gasteiger charge is -2.19. The maximum absolute atomic E-state index is 13.7. The Morgan fingerprint density at radius 2 is 1.86 bits per heavy atom. The molecule has 1 aromatic carbocycles. The van der Waals surface area contributed by atoms with E-state index in [4.69, 9.17) is 4.74 Å². The molecular formula is C22H23N5O2. The van der Waals surface area contributed by atoms with Crippen LogP contribution in [-0.2, 0) is 0 Å². The Labute approximate surface area is 168 Å². The van der Waals surface area contributed by atoms with E-state index in [1.54, 1.807) is 11.6 Å². The van der Waals surface area contributed by atoms with Crippen molar-refractivity contribution in [3.63, 3.8) is 0 Å². The van der Waals surface area contributed by atoms with E-state index in [2.05, 4.69) is 15.1 Å². The van der Waals surface area contributed by atoms with E-state index >= 15 is 0 Å². The summed E-state index contributed by atoms with van der Waals surface area (Å²) in [5.41, 5.74) is 2.07. The lowest BCUT2D eigenvalue weighted by molar-refractivity contribution is 0.416. The van der Waals surface area contributed by atoms with Crippen LogP contribution in [-0.4, -0.2) is 31.3 Å². The molecule has 29 heavy (non-hydrogen) atoms. The van der Waals surface area contributed by atoms with Gasteiger partial charge >= 0.3 is 0 Å². The summed E-state index contributed by atoms with van der Waals surface area (Å²) in [6.07, 6.45) is 10.2. The maximum Gasteiger partial charge on any atom is 0.262 e. The molecule has 0 spiro atoms. The minimum Gasteiger partial charge on any atom is -0.496 e. The normalized spacial score (nSPS) is 15.6. The molecule has 0 saturated heterocycles. The van der Waals surface area contributed by atoms with Crippen LogP contribution in [0.5, 0.6) is 5.75 Å². The molecule has 0 unspecified atom stereocenters. The number of rotatable bonds is 3. The van der Waals surface area contributed by atoms with Gasteiger partial charge in [0.2, 0.25) is 0 Å².